The van der Waals surface area contributed by atoms with E-state index in [-0.39, 0.29) is 13.3 Å². The Hall–Kier alpha value is -0.113. The van der Waals surface area contributed by atoms with Crippen LogP contribution in [-0.4, -0.2) is 45.0 Å². The monoisotopic (exact) mass is 285 g/mol. The first-order chi connectivity index (χ1) is 8.10. The molecule has 0 aromatic heterocycles. The van der Waals surface area contributed by atoms with Crippen LogP contribution in [0.15, 0.2) is 0 Å². The molecule has 0 aliphatic carbocycles. The van der Waals surface area contributed by atoms with Crippen LogP contribution in [0, 0.1) is 0 Å². The second-order valence-corrected chi connectivity index (χ2v) is 10.1. The Kier molecular flexibility index (Phi) is 4.85. The molecule has 108 valence electrons. The van der Waals surface area contributed by atoms with Gasteiger partial charge in [0, 0.05) is 6.54 Å². The molecule has 0 radical (unpaired) electrons. The lowest BCUT2D eigenvalue weighted by atomic mass is 10.2. The number of ether oxygens (including phenoxy) is 1. The molecule has 0 bridgehead atoms. The van der Waals surface area contributed by atoms with Gasteiger partial charge < -0.3 is 9.16 Å². The van der Waals surface area contributed by atoms with Gasteiger partial charge in [-0.3, -0.25) is 4.90 Å². The van der Waals surface area contributed by atoms with Gasteiger partial charge >= 0.3 is 6.18 Å². The third-order valence-electron chi connectivity index (χ3n) is 2.64. The summed E-state index contributed by atoms with van der Waals surface area (Å²) in [5.74, 6) is -2.43. The highest BCUT2D eigenvalue weighted by atomic mass is 28.4. The highest BCUT2D eigenvalue weighted by Gasteiger charge is 2.62. The fourth-order valence-corrected chi connectivity index (χ4v) is 3.12. The summed E-state index contributed by atoms with van der Waals surface area (Å²) in [6.07, 6.45) is -2.68. The Balaban J connectivity index is 2.77. The molecule has 0 aromatic carbocycles. The van der Waals surface area contributed by atoms with Crippen LogP contribution >= 0.6 is 0 Å². The van der Waals surface area contributed by atoms with Crippen LogP contribution < -0.4 is 0 Å². The second kappa shape index (κ2) is 5.48. The molecule has 1 aliphatic rings. The number of rotatable bonds is 5. The molecule has 18 heavy (non-hydrogen) atoms. The van der Waals surface area contributed by atoms with Crippen LogP contribution in [0.3, 0.4) is 0 Å². The number of alkyl halides is 3. The van der Waals surface area contributed by atoms with Gasteiger partial charge in [0.05, 0.1) is 6.54 Å². The van der Waals surface area contributed by atoms with Crippen molar-refractivity contribution in [2.24, 2.45) is 0 Å². The summed E-state index contributed by atoms with van der Waals surface area (Å²) >= 11 is 0. The fourth-order valence-electron chi connectivity index (χ4n) is 1.89. The normalized spacial score (nSPS) is 26.8. The molecule has 1 unspecified atom stereocenters. The minimum Gasteiger partial charge on any atom is -0.383 e. The van der Waals surface area contributed by atoms with E-state index in [9.17, 15) is 13.2 Å². The third-order valence-corrected chi connectivity index (χ3v) is 3.58. The maximum atomic E-state index is 13.2. The largest absolute Gasteiger partial charge is 0.443 e. The minimum absolute atomic E-state index is 0.00993. The molecule has 0 spiro atoms. The first-order valence-corrected chi connectivity index (χ1v) is 9.64. The van der Waals surface area contributed by atoms with Crippen LogP contribution in [0.4, 0.5) is 13.2 Å². The van der Waals surface area contributed by atoms with E-state index >= 15 is 0 Å². The van der Waals surface area contributed by atoms with Gasteiger partial charge in [-0.2, -0.15) is 13.2 Å². The van der Waals surface area contributed by atoms with Gasteiger partial charge in [-0.15, -0.1) is 0 Å². The molecule has 3 nitrogen and oxygen atoms in total. The van der Waals surface area contributed by atoms with E-state index in [0.717, 1.165) is 12.8 Å². The smallest absolute Gasteiger partial charge is 0.383 e. The highest BCUT2D eigenvalue weighted by Crippen LogP contribution is 2.40. The summed E-state index contributed by atoms with van der Waals surface area (Å²) in [5.41, 5.74) is 0. The Morgan fingerprint density at radius 2 is 1.94 bits per heavy atom. The topological polar surface area (TPSA) is 21.7 Å². The molecule has 0 saturated carbocycles. The third kappa shape index (κ3) is 3.94. The minimum atomic E-state index is -4.49. The van der Waals surface area contributed by atoms with Crippen molar-refractivity contribution in [3.8, 4) is 0 Å². The predicted molar refractivity (Wildman–Crippen MR) is 65.7 cm³/mol. The maximum Gasteiger partial charge on any atom is 0.443 e. The van der Waals surface area contributed by atoms with Crippen molar-refractivity contribution in [3.05, 3.63) is 0 Å². The van der Waals surface area contributed by atoms with Crippen LogP contribution in [0.1, 0.15) is 19.8 Å². The van der Waals surface area contributed by atoms with Gasteiger partial charge in [0.15, 0.2) is 8.32 Å². The average molecular weight is 285 g/mol. The van der Waals surface area contributed by atoms with E-state index in [1.165, 1.54) is 0 Å². The standard InChI is InChI=1S/C11H22F3NO2Si/c1-5-6-7-15-8-10(16-9-15,11(12,13)14)17-18(2,3)4/h5-9H2,1-4H3. The van der Waals surface area contributed by atoms with Crippen molar-refractivity contribution < 1.29 is 22.3 Å². The Bertz CT molecular complexity index is 280. The van der Waals surface area contributed by atoms with E-state index in [0.29, 0.717) is 6.54 Å². The van der Waals surface area contributed by atoms with Crippen LogP contribution in [0.2, 0.25) is 19.6 Å². The van der Waals surface area contributed by atoms with E-state index in [1.807, 2.05) is 6.92 Å². The summed E-state index contributed by atoms with van der Waals surface area (Å²) in [4.78, 5) is 1.66. The first-order valence-electron chi connectivity index (χ1n) is 6.23. The van der Waals surface area contributed by atoms with Crippen LogP contribution in [0.5, 0.6) is 0 Å². The lowest BCUT2D eigenvalue weighted by Crippen LogP contribution is -2.55. The number of hydrogen-bond acceptors (Lipinski definition) is 3. The van der Waals surface area contributed by atoms with Crippen LogP contribution in [-0.2, 0) is 9.16 Å². The van der Waals surface area contributed by atoms with E-state index in [1.54, 1.807) is 24.5 Å². The molecule has 1 atom stereocenters. The molecule has 1 aliphatic heterocycles. The zero-order valence-corrected chi connectivity index (χ0v) is 12.4. The molecule has 7 heteroatoms. The zero-order chi connectivity index (χ0) is 14.0. The molecule has 1 rings (SSSR count). The van der Waals surface area contributed by atoms with Gasteiger partial charge in [0.1, 0.15) is 6.73 Å². The average Bonchev–Trinajstić information content (AvgIpc) is 2.56. The second-order valence-electron chi connectivity index (χ2n) is 5.64. The lowest BCUT2D eigenvalue weighted by molar-refractivity contribution is -0.334. The Morgan fingerprint density at radius 1 is 1.33 bits per heavy atom. The van der Waals surface area contributed by atoms with Crippen molar-refractivity contribution >= 4 is 8.32 Å². The molecular weight excluding hydrogens is 263 g/mol. The Morgan fingerprint density at radius 3 is 2.39 bits per heavy atom. The fraction of sp³-hybridized carbons (Fsp3) is 1.00. The molecule has 1 saturated heterocycles. The molecule has 1 heterocycles. The molecule has 0 amide bonds. The van der Waals surface area contributed by atoms with E-state index in [4.69, 9.17) is 9.16 Å². The number of nitrogens with zero attached hydrogens (tertiary/aromatic N) is 1. The van der Waals surface area contributed by atoms with E-state index < -0.39 is 20.3 Å². The molecular formula is C11H22F3NO2Si. The molecule has 0 N–H and O–H groups in total. The van der Waals surface area contributed by atoms with Crippen molar-refractivity contribution in [3.63, 3.8) is 0 Å². The van der Waals surface area contributed by atoms with Gasteiger partial charge in [-0.25, -0.2) is 0 Å². The summed E-state index contributed by atoms with van der Waals surface area (Å²) in [6.45, 7) is 7.59. The van der Waals surface area contributed by atoms with Crippen LogP contribution in [0.25, 0.3) is 0 Å². The van der Waals surface area contributed by atoms with Gasteiger partial charge in [-0.05, 0) is 26.1 Å². The zero-order valence-electron chi connectivity index (χ0n) is 11.4. The van der Waals surface area contributed by atoms with Gasteiger partial charge in [0.25, 0.3) is 5.79 Å². The first kappa shape index (κ1) is 15.9. The maximum absolute atomic E-state index is 13.2. The number of halogens is 3. The Labute approximate surface area is 107 Å². The van der Waals surface area contributed by atoms with E-state index in [2.05, 4.69) is 0 Å². The predicted octanol–water partition coefficient (Wildman–Crippen LogP) is 3.19. The SMILES string of the molecule is CCCCN1COC(O[Si](C)(C)C)(C(F)(F)F)C1. The molecule has 1 fully saturated rings. The summed E-state index contributed by atoms with van der Waals surface area (Å²) < 4.78 is 49.9. The number of hydrogen-bond donors (Lipinski definition) is 0. The van der Waals surface area contributed by atoms with Crippen molar-refractivity contribution in [1.82, 2.24) is 4.90 Å². The summed E-state index contributed by atoms with van der Waals surface area (Å²) in [5, 5.41) is 0. The quantitative estimate of drug-likeness (QED) is 0.724. The van der Waals surface area contributed by atoms with Crippen molar-refractivity contribution in [2.45, 2.75) is 51.4 Å². The number of unbranched alkanes of at least 4 members (excludes halogenated alkanes) is 1. The van der Waals surface area contributed by atoms with Crippen molar-refractivity contribution in [2.75, 3.05) is 19.8 Å². The summed E-state index contributed by atoms with van der Waals surface area (Å²) in [7, 11) is -2.34. The lowest BCUT2D eigenvalue weighted by Gasteiger charge is -2.35. The molecule has 0 aromatic rings. The highest BCUT2D eigenvalue weighted by molar-refractivity contribution is 6.69. The van der Waals surface area contributed by atoms with Crippen molar-refractivity contribution in [1.29, 1.82) is 0 Å². The summed E-state index contributed by atoms with van der Waals surface area (Å²) in [6, 6.07) is 0. The van der Waals surface area contributed by atoms with Gasteiger partial charge in [0.2, 0.25) is 0 Å². The van der Waals surface area contributed by atoms with Gasteiger partial charge in [-0.1, -0.05) is 13.3 Å².